The van der Waals surface area contributed by atoms with Gasteiger partial charge in [0.05, 0.1) is 21.9 Å². The lowest BCUT2D eigenvalue weighted by atomic mass is 10.1. The lowest BCUT2D eigenvalue weighted by molar-refractivity contribution is -0.384. The summed E-state index contributed by atoms with van der Waals surface area (Å²) in [6.45, 7) is 2.13. The largest absolute Gasteiger partial charge is 0.456 e. The molecule has 0 bridgehead atoms. The molecule has 0 spiro atoms. The number of hydrogen-bond acceptors (Lipinski definition) is 6. The molecule has 4 rings (SSSR count). The first-order valence-electron chi connectivity index (χ1n) is 9.07. The van der Waals surface area contributed by atoms with Crippen LogP contribution in [0.5, 0.6) is 0 Å². The summed E-state index contributed by atoms with van der Waals surface area (Å²) in [5.41, 5.74) is 2.17. The maximum atomic E-state index is 12.7. The number of carbonyl (C=O) groups excluding carboxylic acids is 2. The van der Waals surface area contributed by atoms with Gasteiger partial charge in [0.1, 0.15) is 11.5 Å². The van der Waals surface area contributed by atoms with Crippen molar-refractivity contribution in [2.75, 3.05) is 0 Å². The minimum atomic E-state index is -0.478. The molecular formula is C22H16N2O5S. The highest BCUT2D eigenvalue weighted by molar-refractivity contribution is 8.18. The Kier molecular flexibility index (Phi) is 5.24. The Morgan fingerprint density at radius 2 is 1.80 bits per heavy atom. The van der Waals surface area contributed by atoms with E-state index in [0.717, 1.165) is 22.9 Å². The quantitative estimate of drug-likeness (QED) is 0.312. The Morgan fingerprint density at radius 3 is 2.57 bits per heavy atom. The van der Waals surface area contributed by atoms with E-state index in [9.17, 15) is 19.7 Å². The maximum Gasteiger partial charge on any atom is 0.293 e. The molecule has 0 radical (unpaired) electrons. The normalized spacial score (nSPS) is 15.2. The number of nitro groups is 1. The number of hydrogen-bond donors (Lipinski definition) is 0. The van der Waals surface area contributed by atoms with Gasteiger partial charge >= 0.3 is 0 Å². The third-order valence-electron chi connectivity index (χ3n) is 4.73. The molecule has 0 unspecified atom stereocenters. The van der Waals surface area contributed by atoms with E-state index in [1.807, 2.05) is 31.2 Å². The third kappa shape index (κ3) is 3.77. The summed E-state index contributed by atoms with van der Waals surface area (Å²) in [6, 6.07) is 17.0. The average molecular weight is 420 g/mol. The molecule has 0 aliphatic carbocycles. The molecule has 0 atom stereocenters. The second-order valence-electron chi connectivity index (χ2n) is 6.67. The van der Waals surface area contributed by atoms with Crippen molar-refractivity contribution < 1.29 is 18.9 Å². The van der Waals surface area contributed by atoms with E-state index in [0.29, 0.717) is 17.1 Å². The molecule has 1 fully saturated rings. The molecule has 1 aliphatic rings. The Labute approximate surface area is 176 Å². The van der Waals surface area contributed by atoms with Crippen molar-refractivity contribution >= 4 is 34.7 Å². The van der Waals surface area contributed by atoms with E-state index in [2.05, 4.69) is 0 Å². The van der Waals surface area contributed by atoms with Gasteiger partial charge in [-0.3, -0.25) is 24.6 Å². The van der Waals surface area contributed by atoms with Gasteiger partial charge in [-0.25, -0.2) is 0 Å². The number of nitrogens with zero attached hydrogens (tertiary/aromatic N) is 2. The van der Waals surface area contributed by atoms with Gasteiger partial charge in [-0.05, 0) is 48.0 Å². The first-order chi connectivity index (χ1) is 14.4. The van der Waals surface area contributed by atoms with Gasteiger partial charge in [-0.15, -0.1) is 0 Å². The summed E-state index contributed by atoms with van der Waals surface area (Å²) in [5, 5.41) is 10.9. The Morgan fingerprint density at radius 1 is 1.07 bits per heavy atom. The minimum absolute atomic E-state index is 0.0723. The SMILES string of the molecule is Cc1ccccc1CN1C(=O)S/C(=C\c2ccc(-c3ccccc3[N+](=O)[O-])o2)C1=O. The average Bonchev–Trinajstić information content (AvgIpc) is 3.30. The third-order valence-corrected chi connectivity index (χ3v) is 5.64. The van der Waals surface area contributed by atoms with E-state index >= 15 is 0 Å². The maximum absolute atomic E-state index is 12.7. The van der Waals surface area contributed by atoms with E-state index in [1.54, 1.807) is 30.3 Å². The van der Waals surface area contributed by atoms with Crippen molar-refractivity contribution in [2.24, 2.45) is 0 Å². The number of rotatable bonds is 5. The fraction of sp³-hybridized carbons (Fsp3) is 0.0909. The molecule has 1 aliphatic heterocycles. The van der Waals surface area contributed by atoms with Gasteiger partial charge in [-0.1, -0.05) is 36.4 Å². The fourth-order valence-corrected chi connectivity index (χ4v) is 3.96. The van der Waals surface area contributed by atoms with Crippen LogP contribution in [0.1, 0.15) is 16.9 Å². The van der Waals surface area contributed by atoms with E-state index < -0.39 is 10.8 Å². The minimum Gasteiger partial charge on any atom is -0.456 e. The predicted octanol–water partition coefficient (Wildman–Crippen LogP) is 5.40. The van der Waals surface area contributed by atoms with E-state index in [-0.39, 0.29) is 22.4 Å². The van der Waals surface area contributed by atoms with Gasteiger partial charge < -0.3 is 4.42 Å². The number of nitro benzene ring substituents is 1. The topological polar surface area (TPSA) is 93.7 Å². The molecule has 1 aromatic heterocycles. The van der Waals surface area contributed by atoms with Crippen LogP contribution in [0.3, 0.4) is 0 Å². The number of benzene rings is 2. The lowest BCUT2D eigenvalue weighted by Gasteiger charge is -2.14. The molecule has 7 nitrogen and oxygen atoms in total. The van der Waals surface area contributed by atoms with Crippen LogP contribution < -0.4 is 0 Å². The molecule has 1 saturated heterocycles. The molecular weight excluding hydrogens is 404 g/mol. The number of furan rings is 1. The fourth-order valence-electron chi connectivity index (χ4n) is 3.14. The van der Waals surface area contributed by atoms with Gasteiger partial charge in [0.2, 0.25) is 0 Å². The molecule has 3 aromatic rings. The van der Waals surface area contributed by atoms with Crippen molar-refractivity contribution in [3.63, 3.8) is 0 Å². The molecule has 2 aromatic carbocycles. The van der Waals surface area contributed by atoms with Gasteiger partial charge in [0.25, 0.3) is 16.8 Å². The Balaban J connectivity index is 1.58. The molecule has 0 saturated carbocycles. The summed E-state index contributed by atoms with van der Waals surface area (Å²) < 4.78 is 5.70. The molecule has 30 heavy (non-hydrogen) atoms. The smallest absolute Gasteiger partial charge is 0.293 e. The van der Waals surface area contributed by atoms with Crippen LogP contribution in [0, 0.1) is 17.0 Å². The highest BCUT2D eigenvalue weighted by atomic mass is 32.2. The zero-order chi connectivity index (χ0) is 21.3. The summed E-state index contributed by atoms with van der Waals surface area (Å²) in [5.74, 6) is 0.258. The second kappa shape index (κ2) is 8.00. The van der Waals surface area contributed by atoms with Gasteiger partial charge in [0.15, 0.2) is 0 Å². The molecule has 150 valence electrons. The summed E-state index contributed by atoms with van der Waals surface area (Å²) in [6.07, 6.45) is 1.49. The molecule has 2 amide bonds. The summed E-state index contributed by atoms with van der Waals surface area (Å²) >= 11 is 0.845. The molecule has 0 N–H and O–H groups in total. The zero-order valence-electron chi connectivity index (χ0n) is 15.9. The second-order valence-corrected chi connectivity index (χ2v) is 7.66. The van der Waals surface area contributed by atoms with Gasteiger partial charge in [-0.2, -0.15) is 0 Å². The number of imide groups is 1. The van der Waals surface area contributed by atoms with Crippen LogP contribution in [0.15, 0.2) is 70.0 Å². The number of amides is 2. The van der Waals surface area contributed by atoms with Crippen molar-refractivity contribution in [2.45, 2.75) is 13.5 Å². The first-order valence-corrected chi connectivity index (χ1v) is 9.89. The lowest BCUT2D eigenvalue weighted by Crippen LogP contribution is -2.27. The van der Waals surface area contributed by atoms with Crippen LogP contribution in [0.2, 0.25) is 0 Å². The van der Waals surface area contributed by atoms with Crippen LogP contribution in [-0.2, 0) is 11.3 Å². The number of aryl methyl sites for hydroxylation is 1. The van der Waals surface area contributed by atoms with Crippen molar-refractivity contribution in [1.29, 1.82) is 0 Å². The number of para-hydroxylation sites is 1. The zero-order valence-corrected chi connectivity index (χ0v) is 16.7. The van der Waals surface area contributed by atoms with Crippen LogP contribution in [0.25, 0.3) is 17.4 Å². The van der Waals surface area contributed by atoms with Crippen LogP contribution >= 0.6 is 11.8 Å². The number of carbonyl (C=O) groups is 2. The summed E-state index contributed by atoms with van der Waals surface area (Å²) in [4.78, 5) is 37.3. The Bertz CT molecular complexity index is 1200. The van der Waals surface area contributed by atoms with Crippen molar-refractivity contribution in [3.05, 3.63) is 92.6 Å². The highest BCUT2D eigenvalue weighted by Crippen LogP contribution is 2.35. The van der Waals surface area contributed by atoms with E-state index in [1.165, 1.54) is 17.0 Å². The van der Waals surface area contributed by atoms with E-state index in [4.69, 9.17) is 4.42 Å². The van der Waals surface area contributed by atoms with Gasteiger partial charge in [0, 0.05) is 12.1 Å². The van der Waals surface area contributed by atoms with Crippen LogP contribution in [-0.4, -0.2) is 21.0 Å². The molecule has 8 heteroatoms. The van der Waals surface area contributed by atoms with Crippen molar-refractivity contribution in [1.82, 2.24) is 4.90 Å². The van der Waals surface area contributed by atoms with Crippen molar-refractivity contribution in [3.8, 4) is 11.3 Å². The standard InChI is InChI=1S/C22H16N2O5S/c1-14-6-2-3-7-15(14)13-23-21(25)20(30-22(23)26)12-16-10-11-19(29-16)17-8-4-5-9-18(17)24(27)28/h2-12H,13H2,1H3/b20-12-. The predicted molar refractivity (Wildman–Crippen MR) is 113 cm³/mol. The molecule has 2 heterocycles. The Hall–Kier alpha value is -3.65. The van der Waals surface area contributed by atoms with Crippen LogP contribution in [0.4, 0.5) is 10.5 Å². The highest BCUT2D eigenvalue weighted by Gasteiger charge is 2.35. The first kappa shape index (κ1) is 19.7. The summed E-state index contributed by atoms with van der Waals surface area (Å²) in [7, 11) is 0. The monoisotopic (exact) mass is 420 g/mol. The number of thioether (sulfide) groups is 1.